The van der Waals surface area contributed by atoms with Crippen LogP contribution in [0.25, 0.3) is 0 Å². The molecule has 0 atom stereocenters. The van der Waals surface area contributed by atoms with Gasteiger partial charge in [-0.05, 0) is 6.08 Å². The molecule has 54 valence electrons. The monoisotopic (exact) mass is 138 g/mol. The molecule has 0 aliphatic rings. The van der Waals surface area contributed by atoms with Crippen LogP contribution in [-0.2, 0) is 9.53 Å². The van der Waals surface area contributed by atoms with Gasteiger partial charge in [0.05, 0.1) is 12.7 Å². The second-order valence-electron chi connectivity index (χ2n) is 1.55. The zero-order valence-electron chi connectivity index (χ0n) is 5.96. The van der Waals surface area contributed by atoms with E-state index in [1.807, 2.05) is 0 Å². The van der Waals surface area contributed by atoms with E-state index in [1.54, 1.807) is 0 Å². The lowest BCUT2D eigenvalue weighted by atomic mass is 10.2. The van der Waals surface area contributed by atoms with Gasteiger partial charge in [0.2, 0.25) is 0 Å². The van der Waals surface area contributed by atoms with Crippen LogP contribution in [0.3, 0.4) is 0 Å². The molecule has 0 bridgehead atoms. The van der Waals surface area contributed by atoms with Gasteiger partial charge in [-0.15, -0.1) is 0 Å². The highest BCUT2D eigenvalue weighted by Crippen LogP contribution is 2.03. The second-order valence-corrected chi connectivity index (χ2v) is 1.55. The van der Waals surface area contributed by atoms with Crippen molar-refractivity contribution >= 4 is 6.29 Å². The number of ether oxygens (including phenoxy) is 1. The van der Waals surface area contributed by atoms with E-state index >= 15 is 0 Å². The summed E-state index contributed by atoms with van der Waals surface area (Å²) in [6.45, 7) is 6.89. The first-order valence-corrected chi connectivity index (χ1v) is 2.78. The van der Waals surface area contributed by atoms with Crippen molar-refractivity contribution in [2.24, 2.45) is 0 Å². The van der Waals surface area contributed by atoms with Crippen molar-refractivity contribution < 1.29 is 9.53 Å². The molecule has 0 spiro atoms. The Hall–Kier alpha value is -1.31. The van der Waals surface area contributed by atoms with E-state index in [4.69, 9.17) is 4.74 Å². The Balaban J connectivity index is 4.67. The topological polar surface area (TPSA) is 26.3 Å². The summed E-state index contributed by atoms with van der Waals surface area (Å²) >= 11 is 0. The molecular formula is C8H10O2. The van der Waals surface area contributed by atoms with Crippen LogP contribution in [-0.4, -0.2) is 13.4 Å². The van der Waals surface area contributed by atoms with Crippen LogP contribution in [0.15, 0.2) is 36.6 Å². The van der Waals surface area contributed by atoms with E-state index in [-0.39, 0.29) is 0 Å². The summed E-state index contributed by atoms with van der Waals surface area (Å²) < 4.78 is 4.80. The Bertz CT molecular complexity index is 168. The van der Waals surface area contributed by atoms with Gasteiger partial charge < -0.3 is 4.74 Å². The van der Waals surface area contributed by atoms with Crippen molar-refractivity contribution in [1.82, 2.24) is 0 Å². The molecule has 0 rings (SSSR count). The van der Waals surface area contributed by atoms with Crippen molar-refractivity contribution in [2.75, 3.05) is 7.11 Å². The van der Waals surface area contributed by atoms with E-state index < -0.39 is 0 Å². The normalized spacial score (nSPS) is 11.3. The summed E-state index contributed by atoms with van der Waals surface area (Å²) in [5, 5.41) is 0. The first-order chi connectivity index (χ1) is 4.79. The molecule has 2 nitrogen and oxygen atoms in total. The van der Waals surface area contributed by atoms with E-state index in [1.165, 1.54) is 19.3 Å². The minimum Gasteiger partial charge on any atom is -0.496 e. The third-order valence-electron chi connectivity index (χ3n) is 1.04. The highest BCUT2D eigenvalue weighted by molar-refractivity contribution is 5.78. The van der Waals surface area contributed by atoms with E-state index in [9.17, 15) is 4.79 Å². The Morgan fingerprint density at radius 1 is 1.40 bits per heavy atom. The third-order valence-corrected chi connectivity index (χ3v) is 1.04. The van der Waals surface area contributed by atoms with E-state index in [2.05, 4.69) is 13.2 Å². The maximum atomic E-state index is 10.2. The standard InChI is InChI=1S/C8H10O2/c1-4-7(6-9)8(5-2)10-3/h4-6H,1-2H2,3H3. The van der Waals surface area contributed by atoms with Gasteiger partial charge in [0.15, 0.2) is 6.29 Å². The van der Waals surface area contributed by atoms with Crippen molar-refractivity contribution in [3.63, 3.8) is 0 Å². The van der Waals surface area contributed by atoms with Crippen LogP contribution in [0.1, 0.15) is 0 Å². The fraction of sp³-hybridized carbons (Fsp3) is 0.125. The minimum absolute atomic E-state index is 0.414. The van der Waals surface area contributed by atoms with Crippen molar-refractivity contribution in [3.8, 4) is 0 Å². The summed E-state index contributed by atoms with van der Waals surface area (Å²) in [5.74, 6) is 0.449. The molecule has 0 amide bonds. The largest absolute Gasteiger partial charge is 0.496 e. The molecule has 10 heavy (non-hydrogen) atoms. The summed E-state index contributed by atoms with van der Waals surface area (Å²) in [6, 6.07) is 0. The van der Waals surface area contributed by atoms with E-state index in [0.29, 0.717) is 17.6 Å². The van der Waals surface area contributed by atoms with Crippen molar-refractivity contribution in [2.45, 2.75) is 0 Å². The molecule has 0 saturated heterocycles. The van der Waals surface area contributed by atoms with Gasteiger partial charge in [-0.3, -0.25) is 4.79 Å². The number of aldehydes is 1. The average Bonchev–Trinajstić information content (AvgIpc) is 2.00. The number of carbonyl (C=O) groups is 1. The van der Waals surface area contributed by atoms with Gasteiger partial charge in [-0.2, -0.15) is 0 Å². The maximum Gasteiger partial charge on any atom is 0.153 e. The average molecular weight is 138 g/mol. The molecule has 0 aliphatic carbocycles. The SMILES string of the molecule is C=CC(C=O)=C(C=C)OC. The molecule has 0 aromatic heterocycles. The third kappa shape index (κ3) is 1.90. The number of carbonyl (C=O) groups excluding carboxylic acids is 1. The molecule has 0 aliphatic heterocycles. The first-order valence-electron chi connectivity index (χ1n) is 2.78. The first kappa shape index (κ1) is 8.69. The minimum atomic E-state index is 0.414. The fourth-order valence-corrected chi connectivity index (χ4v) is 0.526. The lowest BCUT2D eigenvalue weighted by Gasteiger charge is -1.99. The van der Waals surface area contributed by atoms with Crippen LogP contribution in [0, 0.1) is 0 Å². The predicted octanol–water partition coefficient (Wildman–Crippen LogP) is 1.46. The Morgan fingerprint density at radius 3 is 2.10 bits per heavy atom. The number of methoxy groups -OCH3 is 1. The van der Waals surface area contributed by atoms with Crippen LogP contribution >= 0.6 is 0 Å². The van der Waals surface area contributed by atoms with Gasteiger partial charge in [0.25, 0.3) is 0 Å². The van der Waals surface area contributed by atoms with Crippen LogP contribution in [0.2, 0.25) is 0 Å². The van der Waals surface area contributed by atoms with Gasteiger partial charge in [-0.1, -0.05) is 19.2 Å². The fourth-order valence-electron chi connectivity index (χ4n) is 0.526. The predicted molar refractivity (Wildman–Crippen MR) is 40.5 cm³/mol. The molecule has 0 unspecified atom stereocenters. The second kappa shape index (κ2) is 4.56. The van der Waals surface area contributed by atoms with Crippen molar-refractivity contribution in [1.29, 1.82) is 0 Å². The van der Waals surface area contributed by atoms with Crippen LogP contribution < -0.4 is 0 Å². The van der Waals surface area contributed by atoms with Gasteiger partial charge in [0.1, 0.15) is 5.76 Å². The van der Waals surface area contributed by atoms with Gasteiger partial charge in [-0.25, -0.2) is 0 Å². The molecular weight excluding hydrogens is 128 g/mol. The van der Waals surface area contributed by atoms with Gasteiger partial charge in [0, 0.05) is 0 Å². The Labute approximate surface area is 60.5 Å². The summed E-state index contributed by atoms with van der Waals surface area (Å²) in [7, 11) is 1.48. The molecule has 0 radical (unpaired) electrons. The smallest absolute Gasteiger partial charge is 0.153 e. The number of hydrogen-bond acceptors (Lipinski definition) is 2. The zero-order chi connectivity index (χ0) is 7.98. The molecule has 0 aromatic carbocycles. The number of rotatable bonds is 4. The lowest BCUT2D eigenvalue weighted by molar-refractivity contribution is -0.104. The summed E-state index contributed by atoms with van der Waals surface area (Å²) in [6.07, 6.45) is 3.56. The highest BCUT2D eigenvalue weighted by atomic mass is 16.5. The van der Waals surface area contributed by atoms with Crippen LogP contribution in [0.5, 0.6) is 0 Å². The summed E-state index contributed by atoms with van der Waals surface area (Å²) in [4.78, 5) is 10.2. The molecule has 0 heterocycles. The zero-order valence-corrected chi connectivity index (χ0v) is 5.96. The summed E-state index contributed by atoms with van der Waals surface area (Å²) in [5.41, 5.74) is 0.414. The maximum absolute atomic E-state index is 10.2. The van der Waals surface area contributed by atoms with Crippen LogP contribution in [0.4, 0.5) is 0 Å². The van der Waals surface area contributed by atoms with Gasteiger partial charge >= 0.3 is 0 Å². The Morgan fingerprint density at radius 2 is 2.00 bits per heavy atom. The molecule has 0 N–H and O–H groups in total. The number of allylic oxidation sites excluding steroid dienone is 3. The Kier molecular flexibility index (Phi) is 3.96. The number of hydrogen-bond donors (Lipinski definition) is 0. The molecule has 0 fully saturated rings. The highest BCUT2D eigenvalue weighted by Gasteiger charge is 1.95. The molecule has 2 heteroatoms. The molecule has 0 aromatic rings. The quantitative estimate of drug-likeness (QED) is 0.254. The molecule has 0 saturated carbocycles. The van der Waals surface area contributed by atoms with E-state index in [0.717, 1.165) is 0 Å². The lowest BCUT2D eigenvalue weighted by Crippen LogP contribution is -1.89. The van der Waals surface area contributed by atoms with Crippen molar-refractivity contribution in [3.05, 3.63) is 36.6 Å².